The number of nitrogens with zero attached hydrogens (tertiary/aromatic N) is 8. The van der Waals surface area contributed by atoms with Crippen LogP contribution in [0, 0.1) is 13.8 Å². The minimum Gasteiger partial charge on any atom is -0.481 e. The van der Waals surface area contributed by atoms with E-state index in [2.05, 4.69) is 117 Å². The lowest BCUT2D eigenvalue weighted by molar-refractivity contribution is -0.137. The van der Waals surface area contributed by atoms with Crippen molar-refractivity contribution >= 4 is 140 Å². The lowest BCUT2D eigenvalue weighted by Gasteiger charge is -2.15. The Labute approximate surface area is 693 Å². The monoisotopic (exact) mass is 1620 g/mol. The second-order valence-corrected chi connectivity index (χ2v) is 30.8. The van der Waals surface area contributed by atoms with Crippen molar-refractivity contribution in [2.24, 2.45) is 0 Å². The van der Waals surface area contributed by atoms with Crippen LogP contribution >= 0.6 is 45.3 Å². The molecule has 0 bridgehead atoms. The Bertz CT molecular complexity index is 5510. The van der Waals surface area contributed by atoms with E-state index < -0.39 is 23.9 Å². The molecule has 0 unspecified atom stereocenters. The van der Waals surface area contributed by atoms with E-state index in [9.17, 15) is 19.2 Å². The average Bonchev–Trinajstić information content (AvgIpc) is 1.40. The first-order chi connectivity index (χ1) is 56.1. The lowest BCUT2D eigenvalue weighted by atomic mass is 10.1. The number of allylic oxidation sites excluding steroid dienone is 6. The number of hydrogen-bond donors (Lipinski definition) is 8. The molecule has 12 rings (SSSR count). The second-order valence-electron chi connectivity index (χ2n) is 26.3. The fraction of sp³-hybridized carbons (Fsp3) is 0.217. The van der Waals surface area contributed by atoms with E-state index in [4.69, 9.17) is 60.3 Å². The number of thiophene rings is 4. The maximum absolute atomic E-state index is 10.9. The molecule has 8 heterocycles. The second kappa shape index (κ2) is 43.7. The van der Waals surface area contributed by atoms with Gasteiger partial charge < -0.3 is 41.7 Å². The van der Waals surface area contributed by atoms with Crippen LogP contribution in [0.1, 0.15) is 142 Å². The highest BCUT2D eigenvalue weighted by molar-refractivity contribution is 7.17. The summed E-state index contributed by atoms with van der Waals surface area (Å²) in [5, 5.41) is 49.3. The predicted molar refractivity (Wildman–Crippen MR) is 479 cm³/mol. The van der Waals surface area contributed by atoms with Gasteiger partial charge in [0.1, 0.15) is 23.3 Å². The molecule has 0 fully saturated rings. The molecule has 0 radical (unpaired) electrons. The van der Waals surface area contributed by atoms with Gasteiger partial charge in [-0.3, -0.25) is 19.2 Å². The summed E-state index contributed by atoms with van der Waals surface area (Å²) < 4.78 is 0. The summed E-state index contributed by atoms with van der Waals surface area (Å²) >= 11 is 6.63. The van der Waals surface area contributed by atoms with E-state index in [1.54, 1.807) is 57.5 Å². The molecule has 0 aliphatic carbocycles. The third kappa shape index (κ3) is 25.3. The standard InChI is InChI=1S/C24H25N3O2S.C23H23N3O2S.C23H25N3O2S.C22H23N3O2S/c1-4-7-18-13-14-21(30-18)24-26-20(6-3)19(8-5-2)23(27-24)25-17-11-9-16(10-12-17)15-22(28)29;1-4-6-18-12-13-20(29-18)23-24-15(3)19(7-5-2)22(26-23)25-17-10-8-16(9-11-17)14-21(27)28;1-4-7-17-12-13-20(29-17)23-25-19(6-3)18(5-2)22(26-23)24-16-10-8-15(9-11-16)14-21(27)28;1-4-6-17-11-12-19(28-17)22-23-14(3)18(5-2)21(25-22)24-16-9-7-15(8-10-16)13-20(26)27/h4-5,7,9-14H,2,6,8,15H2,1,3H3,(H,28,29)(H,25,26,27);4-6,8-13H,2,7,14H2,1,3H3,(H,27,28)(H,24,25,26);4,7-13H,5-6,14H2,1-3H3,(H,27,28)(H,24,25,26);4,6-12H,5,13H2,1-3H3,(H,26,27)(H,23,24,25)/b7-4-;6-4-;7-4-;6-4-. The maximum Gasteiger partial charge on any atom is 0.307 e. The zero-order chi connectivity index (χ0) is 83.2. The average molecular weight is 1630 g/mol. The van der Waals surface area contributed by atoms with Crippen LogP contribution in [0.25, 0.3) is 67.1 Å². The first-order valence-electron chi connectivity index (χ1n) is 38.1. The van der Waals surface area contributed by atoms with Crippen LogP contribution in [0.2, 0.25) is 0 Å². The summed E-state index contributed by atoms with van der Waals surface area (Å²) in [5.74, 6) is 2.55. The van der Waals surface area contributed by atoms with E-state index >= 15 is 0 Å². The quantitative estimate of drug-likeness (QED) is 0.0182. The minimum atomic E-state index is -0.844. The van der Waals surface area contributed by atoms with Crippen LogP contribution in [0.5, 0.6) is 0 Å². The van der Waals surface area contributed by atoms with E-state index in [1.807, 2.05) is 181 Å². The molecule has 596 valence electrons. The van der Waals surface area contributed by atoms with E-state index in [1.165, 1.54) is 9.75 Å². The van der Waals surface area contributed by atoms with Crippen molar-refractivity contribution in [1.82, 2.24) is 39.9 Å². The van der Waals surface area contributed by atoms with Crippen molar-refractivity contribution in [2.45, 2.75) is 133 Å². The van der Waals surface area contributed by atoms with Crippen LogP contribution in [-0.4, -0.2) is 84.2 Å². The highest BCUT2D eigenvalue weighted by Crippen LogP contribution is 2.36. The Morgan fingerprint density at radius 3 is 0.845 bits per heavy atom. The smallest absolute Gasteiger partial charge is 0.307 e. The molecule has 0 aliphatic rings. The van der Waals surface area contributed by atoms with Crippen molar-refractivity contribution in [3.8, 4) is 42.8 Å². The van der Waals surface area contributed by atoms with Gasteiger partial charge in [0.25, 0.3) is 0 Å². The van der Waals surface area contributed by atoms with Crippen LogP contribution in [0.15, 0.2) is 195 Å². The summed E-state index contributed by atoms with van der Waals surface area (Å²) in [4.78, 5) is 90.5. The molecular weight excluding hydrogens is 1530 g/mol. The van der Waals surface area contributed by atoms with Gasteiger partial charge in [-0.15, -0.1) is 58.5 Å². The summed E-state index contributed by atoms with van der Waals surface area (Å²) in [5.41, 5.74) is 14.6. The predicted octanol–water partition coefficient (Wildman–Crippen LogP) is 22.8. The van der Waals surface area contributed by atoms with Crippen LogP contribution in [0.3, 0.4) is 0 Å². The third-order valence-corrected chi connectivity index (χ3v) is 21.9. The van der Waals surface area contributed by atoms with E-state index in [0.29, 0.717) is 30.3 Å². The zero-order valence-corrected chi connectivity index (χ0v) is 70.0. The van der Waals surface area contributed by atoms with Gasteiger partial charge in [-0.1, -0.05) is 113 Å². The topological polar surface area (TPSA) is 300 Å². The van der Waals surface area contributed by atoms with Crippen LogP contribution < -0.4 is 21.3 Å². The summed E-state index contributed by atoms with van der Waals surface area (Å²) in [6, 6.07) is 46.0. The van der Waals surface area contributed by atoms with Crippen LogP contribution in [-0.2, 0) is 83.4 Å². The fourth-order valence-electron chi connectivity index (χ4n) is 12.2. The number of aliphatic carboxylic acids is 4. The van der Waals surface area contributed by atoms with Crippen molar-refractivity contribution < 1.29 is 39.6 Å². The molecule has 0 saturated heterocycles. The number of carboxylic acid groups (broad SMARTS) is 4. The molecule has 24 heteroatoms. The van der Waals surface area contributed by atoms with Gasteiger partial charge in [0.15, 0.2) is 23.3 Å². The molecule has 0 atom stereocenters. The molecular formula is C92H96N12O8S4. The molecule has 0 saturated carbocycles. The normalized spacial score (nSPS) is 11.1. The molecule has 8 N–H and O–H groups in total. The van der Waals surface area contributed by atoms with Gasteiger partial charge in [-0.05, 0) is 224 Å². The van der Waals surface area contributed by atoms with Crippen molar-refractivity contribution in [3.63, 3.8) is 0 Å². The molecule has 0 amide bonds. The summed E-state index contributed by atoms with van der Waals surface area (Å²) in [6.45, 7) is 28.1. The zero-order valence-electron chi connectivity index (χ0n) is 66.7. The Balaban J connectivity index is 0.000000177. The number of rotatable bonds is 32. The van der Waals surface area contributed by atoms with Gasteiger partial charge in [-0.2, -0.15) is 0 Å². The van der Waals surface area contributed by atoms with Gasteiger partial charge in [0.2, 0.25) is 0 Å². The molecule has 0 spiro atoms. The highest BCUT2D eigenvalue weighted by atomic mass is 32.1. The Kier molecular flexibility index (Phi) is 32.9. The van der Waals surface area contributed by atoms with Crippen molar-refractivity contribution in [3.05, 3.63) is 282 Å². The molecule has 0 aliphatic heterocycles. The number of anilines is 8. The van der Waals surface area contributed by atoms with E-state index in [-0.39, 0.29) is 25.7 Å². The van der Waals surface area contributed by atoms with E-state index in [0.717, 1.165) is 174 Å². The fourth-order valence-corrected chi connectivity index (χ4v) is 15.9. The number of carbonyl (C=O) groups is 4. The Hall–Kier alpha value is -12.5. The molecule has 12 aromatic rings. The van der Waals surface area contributed by atoms with Gasteiger partial charge in [0.05, 0.1) is 45.2 Å². The lowest BCUT2D eigenvalue weighted by Crippen LogP contribution is -2.07. The number of hydrogen-bond acceptors (Lipinski definition) is 20. The Morgan fingerprint density at radius 1 is 0.328 bits per heavy atom. The summed E-state index contributed by atoms with van der Waals surface area (Å²) in [7, 11) is 0. The molecule has 4 aromatic carbocycles. The minimum absolute atomic E-state index is 0.00563. The number of aromatic nitrogens is 8. The van der Waals surface area contributed by atoms with Crippen molar-refractivity contribution in [1.29, 1.82) is 0 Å². The number of benzene rings is 4. The Morgan fingerprint density at radius 2 is 0.578 bits per heavy atom. The van der Waals surface area contributed by atoms with Gasteiger partial charge >= 0.3 is 23.9 Å². The molecule has 116 heavy (non-hydrogen) atoms. The number of carboxylic acids is 4. The van der Waals surface area contributed by atoms with Gasteiger partial charge in [0, 0.05) is 87.3 Å². The first-order valence-corrected chi connectivity index (χ1v) is 41.3. The highest BCUT2D eigenvalue weighted by Gasteiger charge is 2.21. The maximum atomic E-state index is 10.9. The molecule has 20 nitrogen and oxygen atoms in total. The van der Waals surface area contributed by atoms with Gasteiger partial charge in [-0.25, -0.2) is 39.9 Å². The van der Waals surface area contributed by atoms with Crippen molar-refractivity contribution in [2.75, 3.05) is 21.3 Å². The number of nitrogens with one attached hydrogen (secondary N) is 4. The first kappa shape index (κ1) is 87.5. The third-order valence-electron chi connectivity index (χ3n) is 17.7. The largest absolute Gasteiger partial charge is 0.481 e. The summed E-state index contributed by atoms with van der Waals surface area (Å²) in [6.07, 6.45) is 24.7. The van der Waals surface area contributed by atoms with Crippen LogP contribution in [0.4, 0.5) is 46.0 Å². The molecule has 8 aromatic heterocycles. The SMILES string of the molecule is C/C=C\c1ccc(-c2nc(C)c(CC)c(Nc3ccc(CC(=O)O)cc3)n2)s1.C/C=C\c1ccc(-c2nc(CC)c(CC)c(Nc3ccc(CC(=O)O)cc3)n2)s1.C=CCc1c(C)nc(-c2ccc(/C=C\C)s2)nc1Nc1ccc(CC(=O)O)cc1.C=CCc1c(CC)nc(-c2ccc(/C=C\C)s2)nc1Nc1ccc(CC(=O)O)cc1. The number of aryl methyl sites for hydroxylation is 4.